The summed E-state index contributed by atoms with van der Waals surface area (Å²) in [4.78, 5) is 4.50. The fourth-order valence-corrected chi connectivity index (χ4v) is 2.13. The van der Waals surface area contributed by atoms with Crippen LogP contribution in [0.25, 0.3) is 0 Å². The number of hydrogen-bond donors (Lipinski definition) is 1. The number of nitrogens with one attached hydrogen (secondary N) is 1. The molecule has 1 heterocycles. The first-order chi connectivity index (χ1) is 10.2. The van der Waals surface area contributed by atoms with Gasteiger partial charge in [0.25, 0.3) is 0 Å². The SMILES string of the molecule is CCNc1cccc(COc2ccc(C(C)CC)cc2)n1. The summed E-state index contributed by atoms with van der Waals surface area (Å²) in [5.41, 5.74) is 2.29. The molecule has 3 heteroatoms. The normalized spacial score (nSPS) is 12.0. The van der Waals surface area contributed by atoms with Gasteiger partial charge in [-0.25, -0.2) is 4.98 Å². The maximum atomic E-state index is 5.80. The van der Waals surface area contributed by atoms with E-state index in [1.165, 1.54) is 5.56 Å². The summed E-state index contributed by atoms with van der Waals surface area (Å²) >= 11 is 0. The van der Waals surface area contributed by atoms with Gasteiger partial charge >= 0.3 is 0 Å². The molecular formula is C18H24N2O. The van der Waals surface area contributed by atoms with E-state index in [2.05, 4.69) is 43.2 Å². The van der Waals surface area contributed by atoms with Gasteiger partial charge in [-0.15, -0.1) is 0 Å². The molecule has 0 amide bonds. The molecule has 3 nitrogen and oxygen atoms in total. The highest BCUT2D eigenvalue weighted by atomic mass is 16.5. The highest BCUT2D eigenvalue weighted by molar-refractivity contribution is 5.35. The highest BCUT2D eigenvalue weighted by Crippen LogP contribution is 2.22. The van der Waals surface area contributed by atoms with Crippen LogP contribution < -0.4 is 10.1 Å². The Bertz CT molecular complexity index is 551. The summed E-state index contributed by atoms with van der Waals surface area (Å²) in [6, 6.07) is 14.3. The van der Waals surface area contributed by atoms with E-state index in [0.717, 1.165) is 30.2 Å². The lowest BCUT2D eigenvalue weighted by Gasteiger charge is -2.11. The van der Waals surface area contributed by atoms with Crippen molar-refractivity contribution in [1.29, 1.82) is 0 Å². The number of hydrogen-bond acceptors (Lipinski definition) is 3. The second kappa shape index (κ2) is 7.67. The average Bonchev–Trinajstić information content (AvgIpc) is 2.53. The van der Waals surface area contributed by atoms with Gasteiger partial charge in [-0.1, -0.05) is 32.0 Å². The Hall–Kier alpha value is -2.03. The Kier molecular flexibility index (Phi) is 5.61. The quantitative estimate of drug-likeness (QED) is 0.806. The Balaban J connectivity index is 1.95. The highest BCUT2D eigenvalue weighted by Gasteiger charge is 2.03. The third-order valence-corrected chi connectivity index (χ3v) is 3.61. The Morgan fingerprint density at radius 3 is 2.52 bits per heavy atom. The Labute approximate surface area is 127 Å². The average molecular weight is 284 g/mol. The van der Waals surface area contributed by atoms with E-state index in [1.807, 2.05) is 30.3 Å². The van der Waals surface area contributed by atoms with E-state index in [4.69, 9.17) is 4.74 Å². The molecule has 2 rings (SSSR count). The summed E-state index contributed by atoms with van der Waals surface area (Å²) in [7, 11) is 0. The number of aromatic nitrogens is 1. The van der Waals surface area contributed by atoms with Crippen molar-refractivity contribution < 1.29 is 4.74 Å². The van der Waals surface area contributed by atoms with Crippen LogP contribution in [0.3, 0.4) is 0 Å². The molecule has 0 saturated carbocycles. The van der Waals surface area contributed by atoms with Crippen LogP contribution in [0.15, 0.2) is 42.5 Å². The zero-order chi connectivity index (χ0) is 15.1. The minimum Gasteiger partial charge on any atom is -0.487 e. The minimum atomic E-state index is 0.488. The predicted molar refractivity (Wildman–Crippen MR) is 87.9 cm³/mol. The van der Waals surface area contributed by atoms with Crippen LogP contribution in [0, 0.1) is 0 Å². The standard InChI is InChI=1S/C18H24N2O/c1-4-14(3)15-9-11-17(12-10-15)21-13-16-7-6-8-18(20-16)19-5-2/h6-12,14H,4-5,13H2,1-3H3,(H,19,20). The first kappa shape index (κ1) is 15.4. The van der Waals surface area contributed by atoms with Gasteiger partial charge in [-0.2, -0.15) is 0 Å². The fourth-order valence-electron chi connectivity index (χ4n) is 2.13. The molecule has 1 aromatic heterocycles. The van der Waals surface area contributed by atoms with Gasteiger partial charge in [-0.05, 0) is 49.1 Å². The van der Waals surface area contributed by atoms with Gasteiger partial charge in [0.1, 0.15) is 18.2 Å². The molecule has 0 aliphatic rings. The zero-order valence-electron chi connectivity index (χ0n) is 13.1. The van der Waals surface area contributed by atoms with Crippen molar-refractivity contribution in [3.63, 3.8) is 0 Å². The van der Waals surface area contributed by atoms with Gasteiger partial charge in [0.2, 0.25) is 0 Å². The number of nitrogens with zero attached hydrogens (tertiary/aromatic N) is 1. The van der Waals surface area contributed by atoms with Gasteiger partial charge in [0, 0.05) is 6.54 Å². The molecule has 0 aliphatic heterocycles. The van der Waals surface area contributed by atoms with Gasteiger partial charge in [0.15, 0.2) is 0 Å². The molecule has 0 spiro atoms. The van der Waals surface area contributed by atoms with Crippen LogP contribution in [0.1, 0.15) is 44.4 Å². The number of anilines is 1. The van der Waals surface area contributed by atoms with E-state index >= 15 is 0 Å². The summed E-state index contributed by atoms with van der Waals surface area (Å²) < 4.78 is 5.80. The smallest absolute Gasteiger partial charge is 0.130 e. The van der Waals surface area contributed by atoms with Crippen LogP contribution in [-0.2, 0) is 6.61 Å². The number of ether oxygens (including phenoxy) is 1. The molecule has 2 aromatic rings. The van der Waals surface area contributed by atoms with E-state index < -0.39 is 0 Å². The monoisotopic (exact) mass is 284 g/mol. The van der Waals surface area contributed by atoms with Crippen molar-refractivity contribution in [3.8, 4) is 5.75 Å². The van der Waals surface area contributed by atoms with E-state index in [0.29, 0.717) is 12.5 Å². The van der Waals surface area contributed by atoms with Crippen LogP contribution in [0.4, 0.5) is 5.82 Å². The molecule has 1 atom stereocenters. The molecule has 0 fully saturated rings. The third kappa shape index (κ3) is 4.48. The van der Waals surface area contributed by atoms with Crippen molar-refractivity contribution in [3.05, 3.63) is 53.7 Å². The molecular weight excluding hydrogens is 260 g/mol. The number of rotatable bonds is 7. The first-order valence-electron chi connectivity index (χ1n) is 7.65. The van der Waals surface area contributed by atoms with E-state index in [-0.39, 0.29) is 0 Å². The second-order valence-electron chi connectivity index (χ2n) is 5.21. The third-order valence-electron chi connectivity index (χ3n) is 3.61. The van der Waals surface area contributed by atoms with Crippen LogP contribution >= 0.6 is 0 Å². The lowest BCUT2D eigenvalue weighted by molar-refractivity contribution is 0.301. The van der Waals surface area contributed by atoms with Gasteiger partial charge in [-0.3, -0.25) is 0 Å². The molecule has 0 aliphatic carbocycles. The summed E-state index contributed by atoms with van der Waals surface area (Å²) in [5, 5.41) is 3.21. The van der Waals surface area contributed by atoms with Crippen LogP contribution in [0.5, 0.6) is 5.75 Å². The molecule has 112 valence electrons. The van der Waals surface area contributed by atoms with Crippen molar-refractivity contribution >= 4 is 5.82 Å². The topological polar surface area (TPSA) is 34.1 Å². The number of pyridine rings is 1. The molecule has 1 aromatic carbocycles. The van der Waals surface area contributed by atoms with Crippen LogP contribution in [0.2, 0.25) is 0 Å². The lowest BCUT2D eigenvalue weighted by atomic mass is 9.99. The zero-order valence-corrected chi connectivity index (χ0v) is 13.1. The molecule has 0 bridgehead atoms. The molecule has 0 saturated heterocycles. The number of benzene rings is 1. The van der Waals surface area contributed by atoms with Crippen molar-refractivity contribution in [2.75, 3.05) is 11.9 Å². The molecule has 21 heavy (non-hydrogen) atoms. The maximum Gasteiger partial charge on any atom is 0.130 e. The van der Waals surface area contributed by atoms with Gasteiger partial charge in [0.05, 0.1) is 5.69 Å². The van der Waals surface area contributed by atoms with E-state index in [9.17, 15) is 0 Å². The lowest BCUT2D eigenvalue weighted by Crippen LogP contribution is -2.03. The van der Waals surface area contributed by atoms with Gasteiger partial charge < -0.3 is 10.1 Å². The maximum absolute atomic E-state index is 5.80. The van der Waals surface area contributed by atoms with Crippen LogP contribution in [-0.4, -0.2) is 11.5 Å². The molecule has 0 radical (unpaired) electrons. The summed E-state index contributed by atoms with van der Waals surface area (Å²) in [5.74, 6) is 2.38. The predicted octanol–water partition coefficient (Wildman–Crippen LogP) is 4.61. The van der Waals surface area contributed by atoms with Crippen molar-refractivity contribution in [1.82, 2.24) is 4.98 Å². The fraction of sp³-hybridized carbons (Fsp3) is 0.389. The van der Waals surface area contributed by atoms with Crippen molar-refractivity contribution in [2.24, 2.45) is 0 Å². The minimum absolute atomic E-state index is 0.488. The van der Waals surface area contributed by atoms with Crippen molar-refractivity contribution in [2.45, 2.75) is 39.7 Å². The summed E-state index contributed by atoms with van der Waals surface area (Å²) in [6.45, 7) is 7.87. The first-order valence-corrected chi connectivity index (χ1v) is 7.65. The second-order valence-corrected chi connectivity index (χ2v) is 5.21. The molecule has 1 unspecified atom stereocenters. The largest absolute Gasteiger partial charge is 0.487 e. The molecule has 1 N–H and O–H groups in total. The Morgan fingerprint density at radius 2 is 1.86 bits per heavy atom. The van der Waals surface area contributed by atoms with E-state index in [1.54, 1.807) is 0 Å². The summed E-state index contributed by atoms with van der Waals surface area (Å²) in [6.07, 6.45) is 1.15. The Morgan fingerprint density at radius 1 is 1.10 bits per heavy atom.